The number of ether oxygens (including phenoxy) is 1. The number of nitrogens with zero attached hydrogens (tertiary/aromatic N) is 1. The Morgan fingerprint density at radius 1 is 1.39 bits per heavy atom. The summed E-state index contributed by atoms with van der Waals surface area (Å²) in [4.78, 5) is 14.9. The summed E-state index contributed by atoms with van der Waals surface area (Å²) in [5, 5.41) is 0. The SMILES string of the molecule is O=c1[nH]c2cc(Br)ccc2n1CC1CCOCC1. The third-order valence-corrected chi connectivity index (χ3v) is 4.01. The number of rotatable bonds is 2. The molecule has 96 valence electrons. The van der Waals surface area contributed by atoms with Gasteiger partial charge in [-0.2, -0.15) is 0 Å². The first-order valence-corrected chi connectivity index (χ1v) is 6.99. The Morgan fingerprint density at radius 2 is 2.17 bits per heavy atom. The number of halogens is 1. The van der Waals surface area contributed by atoms with Crippen LogP contribution in [-0.2, 0) is 11.3 Å². The Labute approximate surface area is 113 Å². The summed E-state index contributed by atoms with van der Waals surface area (Å²) >= 11 is 3.42. The topological polar surface area (TPSA) is 47.0 Å². The number of H-pyrrole nitrogens is 1. The Morgan fingerprint density at radius 3 is 2.94 bits per heavy atom. The summed E-state index contributed by atoms with van der Waals surface area (Å²) < 4.78 is 8.18. The van der Waals surface area contributed by atoms with Crippen molar-refractivity contribution in [1.82, 2.24) is 9.55 Å². The highest BCUT2D eigenvalue weighted by Crippen LogP contribution is 2.21. The van der Waals surface area contributed by atoms with Gasteiger partial charge in [-0.25, -0.2) is 4.79 Å². The van der Waals surface area contributed by atoms with Crippen molar-refractivity contribution in [2.45, 2.75) is 19.4 Å². The number of imidazole rings is 1. The van der Waals surface area contributed by atoms with Gasteiger partial charge in [-0.15, -0.1) is 0 Å². The summed E-state index contributed by atoms with van der Waals surface area (Å²) in [6.45, 7) is 2.41. The van der Waals surface area contributed by atoms with Crippen molar-refractivity contribution in [2.24, 2.45) is 5.92 Å². The van der Waals surface area contributed by atoms with Gasteiger partial charge in [0.05, 0.1) is 11.0 Å². The van der Waals surface area contributed by atoms with Crippen molar-refractivity contribution in [3.63, 3.8) is 0 Å². The fraction of sp³-hybridized carbons (Fsp3) is 0.462. The molecule has 5 heteroatoms. The first kappa shape index (κ1) is 12.0. The lowest BCUT2D eigenvalue weighted by molar-refractivity contribution is 0.0613. The van der Waals surface area contributed by atoms with E-state index in [0.717, 1.165) is 48.1 Å². The Hall–Kier alpha value is -1.07. The van der Waals surface area contributed by atoms with Gasteiger partial charge in [0.1, 0.15) is 0 Å². The van der Waals surface area contributed by atoms with E-state index in [-0.39, 0.29) is 5.69 Å². The van der Waals surface area contributed by atoms with Crippen molar-refractivity contribution in [2.75, 3.05) is 13.2 Å². The maximum atomic E-state index is 12.0. The molecule has 0 saturated carbocycles. The highest BCUT2D eigenvalue weighted by Gasteiger charge is 2.17. The molecule has 0 atom stereocenters. The Bertz CT molecular complexity index is 611. The molecule has 0 amide bonds. The molecule has 0 bridgehead atoms. The minimum Gasteiger partial charge on any atom is -0.381 e. The zero-order valence-corrected chi connectivity index (χ0v) is 11.6. The van der Waals surface area contributed by atoms with Gasteiger partial charge in [0, 0.05) is 24.2 Å². The van der Waals surface area contributed by atoms with Crippen LogP contribution in [0.2, 0.25) is 0 Å². The van der Waals surface area contributed by atoms with Gasteiger partial charge in [-0.05, 0) is 37.0 Å². The van der Waals surface area contributed by atoms with E-state index in [2.05, 4.69) is 20.9 Å². The van der Waals surface area contributed by atoms with Crippen LogP contribution in [0.25, 0.3) is 11.0 Å². The van der Waals surface area contributed by atoms with Gasteiger partial charge in [-0.3, -0.25) is 4.57 Å². The number of aromatic nitrogens is 2. The largest absolute Gasteiger partial charge is 0.381 e. The van der Waals surface area contributed by atoms with Gasteiger partial charge in [0.2, 0.25) is 0 Å². The lowest BCUT2D eigenvalue weighted by Gasteiger charge is -2.22. The van der Waals surface area contributed by atoms with E-state index in [4.69, 9.17) is 4.74 Å². The average molecular weight is 311 g/mol. The molecule has 1 N–H and O–H groups in total. The predicted octanol–water partition coefficient (Wildman–Crippen LogP) is 2.52. The van der Waals surface area contributed by atoms with Crippen LogP contribution in [0.3, 0.4) is 0 Å². The van der Waals surface area contributed by atoms with Gasteiger partial charge in [0.15, 0.2) is 0 Å². The first-order valence-electron chi connectivity index (χ1n) is 6.20. The van der Waals surface area contributed by atoms with Crippen LogP contribution in [-0.4, -0.2) is 22.8 Å². The molecule has 3 rings (SSSR count). The number of nitrogens with one attached hydrogen (secondary N) is 1. The van der Waals surface area contributed by atoms with Crippen molar-refractivity contribution < 1.29 is 4.74 Å². The quantitative estimate of drug-likeness (QED) is 0.926. The lowest BCUT2D eigenvalue weighted by Crippen LogP contribution is -2.25. The number of fused-ring (bicyclic) bond motifs is 1. The number of benzene rings is 1. The standard InChI is InChI=1S/C13H15BrN2O2/c14-10-1-2-12-11(7-10)15-13(17)16(12)8-9-3-5-18-6-4-9/h1-2,7,9H,3-6,8H2,(H,15,17). The van der Waals surface area contributed by atoms with E-state index in [0.29, 0.717) is 5.92 Å². The predicted molar refractivity (Wildman–Crippen MR) is 73.8 cm³/mol. The molecule has 0 radical (unpaired) electrons. The monoisotopic (exact) mass is 310 g/mol. The van der Waals surface area contributed by atoms with E-state index in [1.165, 1.54) is 0 Å². The molecule has 1 aromatic heterocycles. The minimum atomic E-state index is -0.0189. The van der Waals surface area contributed by atoms with Gasteiger partial charge < -0.3 is 9.72 Å². The molecule has 0 spiro atoms. The second-order valence-corrected chi connectivity index (χ2v) is 5.67. The molecule has 18 heavy (non-hydrogen) atoms. The van der Waals surface area contributed by atoms with Crippen molar-refractivity contribution >= 4 is 27.0 Å². The van der Waals surface area contributed by atoms with E-state index < -0.39 is 0 Å². The number of hydrogen-bond acceptors (Lipinski definition) is 2. The Kier molecular flexibility index (Phi) is 3.26. The van der Waals surface area contributed by atoms with Crippen molar-refractivity contribution in [1.29, 1.82) is 0 Å². The van der Waals surface area contributed by atoms with Crippen LogP contribution >= 0.6 is 15.9 Å². The molecule has 0 aliphatic carbocycles. The molecule has 2 aromatic rings. The van der Waals surface area contributed by atoms with Crippen LogP contribution < -0.4 is 5.69 Å². The molecule has 0 unspecified atom stereocenters. The maximum Gasteiger partial charge on any atom is 0.326 e. The summed E-state index contributed by atoms with van der Waals surface area (Å²) in [6, 6.07) is 5.89. The van der Waals surface area contributed by atoms with Gasteiger partial charge >= 0.3 is 5.69 Å². The highest BCUT2D eigenvalue weighted by molar-refractivity contribution is 9.10. The van der Waals surface area contributed by atoms with Crippen LogP contribution in [0, 0.1) is 5.92 Å². The fourth-order valence-electron chi connectivity index (χ4n) is 2.50. The lowest BCUT2D eigenvalue weighted by atomic mass is 10.0. The summed E-state index contributed by atoms with van der Waals surface area (Å²) in [5.41, 5.74) is 1.85. The fourth-order valence-corrected chi connectivity index (χ4v) is 2.87. The summed E-state index contributed by atoms with van der Waals surface area (Å²) in [6.07, 6.45) is 2.07. The molecule has 2 heterocycles. The van der Waals surface area contributed by atoms with E-state index in [9.17, 15) is 4.79 Å². The highest BCUT2D eigenvalue weighted by atomic mass is 79.9. The van der Waals surface area contributed by atoms with Crippen LogP contribution in [0.1, 0.15) is 12.8 Å². The minimum absolute atomic E-state index is 0.0189. The Balaban J connectivity index is 1.95. The van der Waals surface area contributed by atoms with Crippen LogP contribution in [0.5, 0.6) is 0 Å². The summed E-state index contributed by atoms with van der Waals surface area (Å²) in [5.74, 6) is 0.541. The normalized spacial score (nSPS) is 17.4. The van der Waals surface area contributed by atoms with Crippen LogP contribution in [0.15, 0.2) is 27.5 Å². The number of hydrogen-bond donors (Lipinski definition) is 1. The van der Waals surface area contributed by atoms with Gasteiger partial charge in [0.25, 0.3) is 0 Å². The smallest absolute Gasteiger partial charge is 0.326 e. The molecular formula is C13H15BrN2O2. The van der Waals surface area contributed by atoms with Crippen molar-refractivity contribution in [3.05, 3.63) is 33.2 Å². The molecule has 1 fully saturated rings. The van der Waals surface area contributed by atoms with Gasteiger partial charge in [-0.1, -0.05) is 15.9 Å². The number of aromatic amines is 1. The van der Waals surface area contributed by atoms with E-state index in [1.807, 2.05) is 22.8 Å². The summed E-state index contributed by atoms with van der Waals surface area (Å²) in [7, 11) is 0. The molecule has 1 aliphatic rings. The zero-order chi connectivity index (χ0) is 12.5. The second-order valence-electron chi connectivity index (χ2n) is 4.76. The third-order valence-electron chi connectivity index (χ3n) is 3.52. The molecule has 1 saturated heterocycles. The molecule has 1 aromatic carbocycles. The molecular weight excluding hydrogens is 296 g/mol. The molecule has 4 nitrogen and oxygen atoms in total. The molecule has 1 aliphatic heterocycles. The van der Waals surface area contributed by atoms with E-state index >= 15 is 0 Å². The maximum absolute atomic E-state index is 12.0. The third kappa shape index (κ3) is 2.24. The van der Waals surface area contributed by atoms with Crippen LogP contribution in [0.4, 0.5) is 0 Å². The van der Waals surface area contributed by atoms with E-state index in [1.54, 1.807) is 0 Å². The first-order chi connectivity index (χ1) is 8.74. The zero-order valence-electron chi connectivity index (χ0n) is 9.99. The van der Waals surface area contributed by atoms with Crippen molar-refractivity contribution in [3.8, 4) is 0 Å². The second kappa shape index (κ2) is 4.90. The average Bonchev–Trinajstić information content (AvgIpc) is 2.66.